The Bertz CT molecular complexity index is 745. The van der Waals surface area contributed by atoms with Crippen molar-refractivity contribution in [3.8, 4) is 0 Å². The van der Waals surface area contributed by atoms with E-state index in [1.165, 1.54) is 0 Å². The molecule has 2 aromatic rings. The van der Waals surface area contributed by atoms with E-state index in [1.54, 1.807) is 37.4 Å². The third-order valence-corrected chi connectivity index (χ3v) is 5.10. The highest BCUT2D eigenvalue weighted by Crippen LogP contribution is 2.25. The lowest BCUT2D eigenvalue weighted by molar-refractivity contribution is 0.564. The molecule has 0 bridgehead atoms. The lowest BCUT2D eigenvalue weighted by Gasteiger charge is -2.14. The normalized spacial score (nSPS) is 15.3. The number of fused-ring (bicyclic) bond motifs is 1. The Balaban J connectivity index is 1.84. The minimum absolute atomic E-state index is 0.299. The van der Waals surface area contributed by atoms with E-state index in [0.29, 0.717) is 10.6 Å². The van der Waals surface area contributed by atoms with Crippen LogP contribution in [0.2, 0.25) is 0 Å². The molecule has 1 aliphatic rings. The number of aromatic nitrogens is 1. The molecular formula is C15H17N3O2S. The first-order valence-corrected chi connectivity index (χ1v) is 8.35. The Morgan fingerprint density at radius 2 is 2.14 bits per heavy atom. The van der Waals surface area contributed by atoms with E-state index in [-0.39, 0.29) is 6.04 Å². The van der Waals surface area contributed by atoms with Crippen molar-refractivity contribution in [2.24, 2.45) is 0 Å². The summed E-state index contributed by atoms with van der Waals surface area (Å²) in [5, 5.41) is 3.22. The van der Waals surface area contributed by atoms with E-state index in [0.717, 1.165) is 24.2 Å². The zero-order chi connectivity index (χ0) is 14.9. The third kappa shape index (κ3) is 2.91. The summed E-state index contributed by atoms with van der Waals surface area (Å²) < 4.78 is 27.6. The van der Waals surface area contributed by atoms with Crippen LogP contribution in [0.5, 0.6) is 0 Å². The van der Waals surface area contributed by atoms with Gasteiger partial charge in [-0.25, -0.2) is 13.1 Å². The number of pyridine rings is 1. The lowest BCUT2D eigenvalue weighted by atomic mass is 10.2. The molecule has 1 unspecified atom stereocenters. The monoisotopic (exact) mass is 303 g/mol. The molecule has 2 N–H and O–H groups in total. The third-order valence-electron chi connectivity index (χ3n) is 3.56. The molecule has 1 atom stereocenters. The molecule has 1 aromatic carbocycles. The van der Waals surface area contributed by atoms with Gasteiger partial charge in [0.1, 0.15) is 0 Å². The van der Waals surface area contributed by atoms with Crippen LogP contribution in [0, 0.1) is 0 Å². The summed E-state index contributed by atoms with van der Waals surface area (Å²) in [4.78, 5) is 4.48. The fourth-order valence-corrected chi connectivity index (χ4v) is 3.71. The summed E-state index contributed by atoms with van der Waals surface area (Å²) in [5.41, 5.74) is 2.76. The maximum atomic E-state index is 12.5. The first-order valence-electron chi connectivity index (χ1n) is 6.86. The molecule has 1 aliphatic heterocycles. The molecule has 2 heterocycles. The van der Waals surface area contributed by atoms with E-state index < -0.39 is 10.0 Å². The molecule has 6 heteroatoms. The molecule has 0 saturated heterocycles. The molecule has 0 radical (unpaired) electrons. The van der Waals surface area contributed by atoms with Gasteiger partial charge in [-0.1, -0.05) is 6.07 Å². The standard InChI is InChI=1S/C15H17N3O2S/c1-11(14-4-2-3-8-16-14)18-21(19,20)13-5-6-15-12(10-13)7-9-17-15/h2-6,8,10-11,17-18H,7,9H2,1H3. The molecule has 0 saturated carbocycles. The Hall–Kier alpha value is -1.92. The first-order chi connectivity index (χ1) is 10.1. The molecule has 0 spiro atoms. The summed E-state index contributed by atoms with van der Waals surface area (Å²) in [6.45, 7) is 2.64. The quantitative estimate of drug-likeness (QED) is 0.907. The topological polar surface area (TPSA) is 71.1 Å². The number of hydrogen-bond acceptors (Lipinski definition) is 4. The van der Waals surface area contributed by atoms with Gasteiger partial charge in [-0.05, 0) is 49.2 Å². The van der Waals surface area contributed by atoms with Gasteiger partial charge in [-0.15, -0.1) is 0 Å². The summed E-state index contributed by atoms with van der Waals surface area (Å²) >= 11 is 0. The van der Waals surface area contributed by atoms with Crippen LogP contribution in [-0.4, -0.2) is 19.9 Å². The zero-order valence-corrected chi connectivity index (χ0v) is 12.5. The maximum Gasteiger partial charge on any atom is 0.241 e. The van der Waals surface area contributed by atoms with Crippen molar-refractivity contribution in [1.82, 2.24) is 9.71 Å². The Labute approximate surface area is 124 Å². The second-order valence-electron chi connectivity index (χ2n) is 5.09. The maximum absolute atomic E-state index is 12.5. The van der Waals surface area contributed by atoms with Crippen LogP contribution in [0.1, 0.15) is 24.2 Å². The number of nitrogens with one attached hydrogen (secondary N) is 2. The molecule has 5 nitrogen and oxygen atoms in total. The molecule has 0 amide bonds. The van der Waals surface area contributed by atoms with Gasteiger partial charge in [0.15, 0.2) is 0 Å². The van der Waals surface area contributed by atoms with E-state index in [9.17, 15) is 8.42 Å². The predicted molar refractivity (Wildman–Crippen MR) is 81.6 cm³/mol. The van der Waals surface area contributed by atoms with Crippen LogP contribution < -0.4 is 10.0 Å². The van der Waals surface area contributed by atoms with Crippen molar-refractivity contribution < 1.29 is 8.42 Å². The van der Waals surface area contributed by atoms with Crippen molar-refractivity contribution in [1.29, 1.82) is 0 Å². The van der Waals surface area contributed by atoms with Gasteiger partial charge in [0.05, 0.1) is 16.6 Å². The lowest BCUT2D eigenvalue weighted by Crippen LogP contribution is -2.27. The molecule has 0 aliphatic carbocycles. The van der Waals surface area contributed by atoms with E-state index in [2.05, 4.69) is 15.0 Å². The number of anilines is 1. The Kier molecular flexibility index (Phi) is 3.65. The fourth-order valence-electron chi connectivity index (χ4n) is 2.44. The number of sulfonamides is 1. The summed E-state index contributed by atoms with van der Waals surface area (Å²) in [6, 6.07) is 10.3. The summed E-state index contributed by atoms with van der Waals surface area (Å²) in [7, 11) is -3.55. The number of nitrogens with zero attached hydrogens (tertiary/aromatic N) is 1. The minimum Gasteiger partial charge on any atom is -0.384 e. The SMILES string of the molecule is CC(NS(=O)(=O)c1ccc2c(c1)CCN2)c1ccccn1. The van der Waals surface area contributed by atoms with Crippen LogP contribution in [0.15, 0.2) is 47.5 Å². The van der Waals surface area contributed by atoms with Crippen LogP contribution in [0.25, 0.3) is 0 Å². The average Bonchev–Trinajstić information content (AvgIpc) is 2.95. The van der Waals surface area contributed by atoms with E-state index >= 15 is 0 Å². The van der Waals surface area contributed by atoms with Gasteiger partial charge in [-0.2, -0.15) is 0 Å². The van der Waals surface area contributed by atoms with Gasteiger partial charge in [0.25, 0.3) is 0 Å². The van der Waals surface area contributed by atoms with Crippen LogP contribution in [0.4, 0.5) is 5.69 Å². The highest BCUT2D eigenvalue weighted by molar-refractivity contribution is 7.89. The van der Waals surface area contributed by atoms with Gasteiger partial charge in [-0.3, -0.25) is 4.98 Å². The second kappa shape index (κ2) is 5.46. The van der Waals surface area contributed by atoms with Crippen molar-refractivity contribution in [2.75, 3.05) is 11.9 Å². The Morgan fingerprint density at radius 3 is 2.90 bits per heavy atom. The van der Waals surface area contributed by atoms with Gasteiger partial charge < -0.3 is 5.32 Å². The highest BCUT2D eigenvalue weighted by atomic mass is 32.2. The van der Waals surface area contributed by atoms with E-state index in [4.69, 9.17) is 0 Å². The average molecular weight is 303 g/mol. The second-order valence-corrected chi connectivity index (χ2v) is 6.81. The van der Waals surface area contributed by atoms with Crippen molar-refractivity contribution in [3.63, 3.8) is 0 Å². The first kappa shape index (κ1) is 14.0. The molecule has 110 valence electrons. The van der Waals surface area contributed by atoms with Crippen molar-refractivity contribution in [3.05, 3.63) is 53.9 Å². The number of benzene rings is 1. The van der Waals surface area contributed by atoms with Crippen LogP contribution in [0.3, 0.4) is 0 Å². The molecular weight excluding hydrogens is 286 g/mol. The highest BCUT2D eigenvalue weighted by Gasteiger charge is 2.21. The van der Waals surface area contributed by atoms with Gasteiger partial charge >= 0.3 is 0 Å². The molecule has 1 aromatic heterocycles. The van der Waals surface area contributed by atoms with Crippen LogP contribution in [-0.2, 0) is 16.4 Å². The Morgan fingerprint density at radius 1 is 1.29 bits per heavy atom. The molecule has 21 heavy (non-hydrogen) atoms. The molecule has 3 rings (SSSR count). The van der Waals surface area contributed by atoms with Gasteiger partial charge in [0, 0.05) is 18.4 Å². The van der Waals surface area contributed by atoms with Crippen molar-refractivity contribution >= 4 is 15.7 Å². The smallest absolute Gasteiger partial charge is 0.241 e. The molecule has 0 fully saturated rings. The van der Waals surface area contributed by atoms with Crippen LogP contribution >= 0.6 is 0 Å². The van der Waals surface area contributed by atoms with Gasteiger partial charge in [0.2, 0.25) is 10.0 Å². The van der Waals surface area contributed by atoms with E-state index in [1.807, 2.05) is 12.1 Å². The minimum atomic E-state index is -3.55. The summed E-state index contributed by atoms with van der Waals surface area (Å²) in [6.07, 6.45) is 2.51. The number of rotatable bonds is 4. The number of hydrogen-bond donors (Lipinski definition) is 2. The summed E-state index contributed by atoms with van der Waals surface area (Å²) in [5.74, 6) is 0. The largest absolute Gasteiger partial charge is 0.384 e. The van der Waals surface area contributed by atoms with Crippen molar-refractivity contribution in [2.45, 2.75) is 24.3 Å². The fraction of sp³-hybridized carbons (Fsp3) is 0.267. The predicted octanol–water partition coefficient (Wildman–Crippen LogP) is 2.09. The zero-order valence-electron chi connectivity index (χ0n) is 11.7.